The Morgan fingerprint density at radius 2 is 1.90 bits per heavy atom. The lowest BCUT2D eigenvalue weighted by atomic mass is 10.0. The summed E-state index contributed by atoms with van der Waals surface area (Å²) in [5.74, 6) is 0.797. The highest BCUT2D eigenvalue weighted by Crippen LogP contribution is 2.42. The molecule has 1 aliphatic heterocycles. The Balaban J connectivity index is 1.67. The number of benzene rings is 1. The number of pyridine rings is 2. The Labute approximate surface area is 191 Å². The number of rotatable bonds is 4. The third-order valence-corrected chi connectivity index (χ3v) is 5.96. The van der Waals surface area contributed by atoms with E-state index in [1.165, 1.54) is 5.56 Å². The van der Waals surface area contributed by atoms with Crippen molar-refractivity contribution < 1.29 is 0 Å². The molecule has 0 bridgehead atoms. The molecule has 0 unspecified atom stereocenters. The van der Waals surface area contributed by atoms with Gasteiger partial charge in [-0.15, -0.1) is 0 Å². The Bertz CT molecular complexity index is 1220. The molecular formula is C24H20ClN5S. The molecule has 0 amide bonds. The number of hydrogen-bond acceptors (Lipinski definition) is 3. The molecule has 1 saturated heterocycles. The molecule has 4 heterocycles. The predicted octanol–water partition coefficient (Wildman–Crippen LogP) is 5.41. The van der Waals surface area contributed by atoms with Gasteiger partial charge in [-0.3, -0.25) is 4.98 Å². The van der Waals surface area contributed by atoms with E-state index in [1.807, 2.05) is 48.8 Å². The minimum absolute atomic E-state index is 0.114. The fraction of sp³-hybridized carbons (Fsp3) is 0.125. The van der Waals surface area contributed by atoms with Gasteiger partial charge in [0.2, 0.25) is 0 Å². The van der Waals surface area contributed by atoms with Crippen LogP contribution in [0.3, 0.4) is 0 Å². The van der Waals surface area contributed by atoms with E-state index in [-0.39, 0.29) is 12.1 Å². The number of nitrogens with one attached hydrogen (secondary N) is 1. The lowest BCUT2D eigenvalue weighted by Crippen LogP contribution is -2.30. The first-order chi connectivity index (χ1) is 15.1. The second-order valence-electron chi connectivity index (χ2n) is 7.47. The number of hydrogen-bond donors (Lipinski definition) is 1. The number of anilines is 1. The first kappa shape index (κ1) is 19.7. The lowest BCUT2D eigenvalue weighted by molar-refractivity contribution is 0.548. The number of thiocarbonyl (C=S) groups is 1. The van der Waals surface area contributed by atoms with Crippen LogP contribution in [0.25, 0.3) is 5.82 Å². The maximum Gasteiger partial charge on any atom is 0.174 e. The van der Waals surface area contributed by atoms with E-state index in [0.29, 0.717) is 10.1 Å². The fourth-order valence-corrected chi connectivity index (χ4v) is 4.52. The minimum Gasteiger partial charge on any atom is -0.351 e. The number of aryl methyl sites for hydroxylation is 1. The van der Waals surface area contributed by atoms with Gasteiger partial charge in [-0.05, 0) is 73.2 Å². The monoisotopic (exact) mass is 445 g/mol. The molecule has 3 aromatic heterocycles. The van der Waals surface area contributed by atoms with E-state index < -0.39 is 0 Å². The minimum atomic E-state index is -0.116. The highest BCUT2D eigenvalue weighted by atomic mass is 35.5. The average molecular weight is 446 g/mol. The topological polar surface area (TPSA) is 46.0 Å². The third-order valence-electron chi connectivity index (χ3n) is 5.42. The molecule has 7 heteroatoms. The van der Waals surface area contributed by atoms with Crippen molar-refractivity contribution in [1.82, 2.24) is 19.9 Å². The van der Waals surface area contributed by atoms with E-state index in [1.54, 1.807) is 6.20 Å². The van der Waals surface area contributed by atoms with Crippen LogP contribution in [-0.2, 0) is 0 Å². The SMILES string of the molecule is Cc1cccc(N2C(=S)N[C@H](c3ccccn3)[C@H]2c2cccn2-c2ccc(Cl)cn2)c1. The Morgan fingerprint density at radius 3 is 2.65 bits per heavy atom. The smallest absolute Gasteiger partial charge is 0.174 e. The van der Waals surface area contributed by atoms with Gasteiger partial charge in [0, 0.05) is 30.0 Å². The van der Waals surface area contributed by atoms with Gasteiger partial charge in [-0.2, -0.15) is 0 Å². The first-order valence-corrected chi connectivity index (χ1v) is 10.8. The molecule has 1 aromatic carbocycles. The molecule has 5 nitrogen and oxygen atoms in total. The molecule has 4 aromatic rings. The van der Waals surface area contributed by atoms with Crippen molar-refractivity contribution >= 4 is 34.6 Å². The summed E-state index contributed by atoms with van der Waals surface area (Å²) in [7, 11) is 0. The summed E-state index contributed by atoms with van der Waals surface area (Å²) in [6.45, 7) is 2.08. The van der Waals surface area contributed by atoms with Crippen molar-refractivity contribution in [2.45, 2.75) is 19.0 Å². The van der Waals surface area contributed by atoms with Crippen molar-refractivity contribution in [2.75, 3.05) is 4.90 Å². The van der Waals surface area contributed by atoms with Crippen molar-refractivity contribution in [3.05, 3.63) is 107 Å². The number of aromatic nitrogens is 3. The normalized spacial score (nSPS) is 18.3. The molecule has 1 aliphatic rings. The second-order valence-corrected chi connectivity index (χ2v) is 8.30. The second kappa shape index (κ2) is 8.13. The zero-order valence-electron chi connectivity index (χ0n) is 16.8. The van der Waals surface area contributed by atoms with Crippen LogP contribution in [0.4, 0.5) is 5.69 Å². The molecule has 0 aliphatic carbocycles. The summed E-state index contributed by atoms with van der Waals surface area (Å²) in [6.07, 6.45) is 5.48. The van der Waals surface area contributed by atoms with E-state index >= 15 is 0 Å². The third kappa shape index (κ3) is 3.69. The molecular weight excluding hydrogens is 426 g/mol. The van der Waals surface area contributed by atoms with E-state index in [2.05, 4.69) is 62.0 Å². The number of nitrogens with zero attached hydrogens (tertiary/aromatic N) is 4. The van der Waals surface area contributed by atoms with Gasteiger partial charge in [0.15, 0.2) is 5.11 Å². The van der Waals surface area contributed by atoms with Gasteiger partial charge in [-0.25, -0.2) is 4.98 Å². The molecule has 2 atom stereocenters. The van der Waals surface area contributed by atoms with Gasteiger partial charge in [0.05, 0.1) is 16.8 Å². The summed E-state index contributed by atoms with van der Waals surface area (Å²) in [4.78, 5) is 11.3. The van der Waals surface area contributed by atoms with Crippen LogP contribution in [0.1, 0.15) is 29.0 Å². The van der Waals surface area contributed by atoms with Gasteiger partial charge in [-0.1, -0.05) is 29.8 Å². The van der Waals surface area contributed by atoms with Crippen LogP contribution in [0.2, 0.25) is 5.02 Å². The van der Waals surface area contributed by atoms with Gasteiger partial charge in [0.1, 0.15) is 11.9 Å². The van der Waals surface area contributed by atoms with E-state index in [0.717, 1.165) is 22.9 Å². The zero-order valence-corrected chi connectivity index (χ0v) is 18.4. The summed E-state index contributed by atoms with van der Waals surface area (Å²) in [6, 6.07) is 22.0. The zero-order chi connectivity index (χ0) is 21.4. The molecule has 1 fully saturated rings. The standard InChI is InChI=1S/C24H20ClN5S/c1-16-6-4-7-18(14-16)30-23(22(28-24(30)31)19-8-2-3-12-26-19)20-9-5-13-29(20)21-11-10-17(25)15-27-21/h2-15,22-23H,1H3,(H,28,31)/t22-,23-/m1/s1. The molecule has 31 heavy (non-hydrogen) atoms. The van der Waals surface area contributed by atoms with Crippen LogP contribution in [0.15, 0.2) is 85.3 Å². The van der Waals surface area contributed by atoms with Gasteiger partial charge in [0.25, 0.3) is 0 Å². The van der Waals surface area contributed by atoms with E-state index in [4.69, 9.17) is 23.8 Å². The molecule has 0 saturated carbocycles. The van der Waals surface area contributed by atoms with Crippen molar-refractivity contribution in [1.29, 1.82) is 0 Å². The predicted molar refractivity (Wildman–Crippen MR) is 128 cm³/mol. The van der Waals surface area contributed by atoms with Crippen LogP contribution < -0.4 is 10.2 Å². The summed E-state index contributed by atoms with van der Waals surface area (Å²) in [5.41, 5.74) is 4.20. The summed E-state index contributed by atoms with van der Waals surface area (Å²) >= 11 is 11.9. The van der Waals surface area contributed by atoms with Crippen molar-refractivity contribution in [3.8, 4) is 5.82 Å². The van der Waals surface area contributed by atoms with E-state index in [9.17, 15) is 0 Å². The molecule has 0 radical (unpaired) electrons. The Morgan fingerprint density at radius 1 is 1.00 bits per heavy atom. The fourth-order valence-electron chi connectivity index (χ4n) is 4.07. The largest absolute Gasteiger partial charge is 0.351 e. The van der Waals surface area contributed by atoms with Crippen LogP contribution in [0.5, 0.6) is 0 Å². The first-order valence-electron chi connectivity index (χ1n) is 9.98. The molecule has 0 spiro atoms. The maximum absolute atomic E-state index is 6.06. The highest BCUT2D eigenvalue weighted by molar-refractivity contribution is 7.80. The average Bonchev–Trinajstić information content (AvgIpc) is 3.39. The van der Waals surface area contributed by atoms with Gasteiger partial charge < -0.3 is 14.8 Å². The molecule has 5 rings (SSSR count). The number of halogens is 1. The summed E-state index contributed by atoms with van der Waals surface area (Å²) < 4.78 is 2.08. The lowest BCUT2D eigenvalue weighted by Gasteiger charge is -2.29. The van der Waals surface area contributed by atoms with Crippen LogP contribution >= 0.6 is 23.8 Å². The molecule has 1 N–H and O–H groups in total. The maximum atomic E-state index is 6.06. The quantitative estimate of drug-likeness (QED) is 0.426. The summed E-state index contributed by atoms with van der Waals surface area (Å²) in [5, 5.41) is 4.78. The van der Waals surface area contributed by atoms with Crippen LogP contribution in [0, 0.1) is 6.92 Å². The Hall–Kier alpha value is -3.22. The van der Waals surface area contributed by atoms with Crippen LogP contribution in [-0.4, -0.2) is 19.6 Å². The Kier molecular flexibility index (Phi) is 5.18. The van der Waals surface area contributed by atoms with Gasteiger partial charge >= 0.3 is 0 Å². The molecule has 154 valence electrons. The van der Waals surface area contributed by atoms with Crippen molar-refractivity contribution in [3.63, 3.8) is 0 Å². The van der Waals surface area contributed by atoms with Crippen molar-refractivity contribution in [2.24, 2.45) is 0 Å². The highest BCUT2D eigenvalue weighted by Gasteiger charge is 2.42.